The van der Waals surface area contributed by atoms with E-state index in [0.717, 1.165) is 5.56 Å². The monoisotopic (exact) mass is 396 g/mol. The van der Waals surface area contributed by atoms with E-state index in [1.807, 2.05) is 6.07 Å². The zero-order chi connectivity index (χ0) is 19.4. The summed E-state index contributed by atoms with van der Waals surface area (Å²) in [5.74, 6) is -0.618. The zero-order valence-corrected chi connectivity index (χ0v) is 15.5. The van der Waals surface area contributed by atoms with Crippen molar-refractivity contribution in [2.75, 3.05) is 0 Å². The Morgan fingerprint density at radius 3 is 2.59 bits per heavy atom. The Morgan fingerprint density at radius 2 is 1.93 bits per heavy atom. The normalized spacial score (nSPS) is 10.4. The van der Waals surface area contributed by atoms with Crippen LogP contribution in [0.1, 0.15) is 21.5 Å². The van der Waals surface area contributed by atoms with Crippen LogP contribution in [0.3, 0.4) is 0 Å². The van der Waals surface area contributed by atoms with Crippen molar-refractivity contribution in [2.45, 2.75) is 10.8 Å². The molecule has 0 unspecified atom stereocenters. The summed E-state index contributed by atoms with van der Waals surface area (Å²) in [5.41, 5.74) is 1.83. The number of carboxylic acids is 1. The molecule has 0 radical (unpaired) electrons. The fourth-order valence-electron chi connectivity index (χ4n) is 2.60. The number of aromatic carboxylic acids is 1. The first-order chi connectivity index (χ1) is 13.0. The van der Waals surface area contributed by atoms with Crippen LogP contribution in [-0.4, -0.2) is 16.1 Å². The number of benzene rings is 2. The van der Waals surface area contributed by atoms with E-state index in [1.54, 1.807) is 42.5 Å². The number of aromatic amines is 1. The Bertz CT molecular complexity index is 1100. The number of aromatic nitrogens is 1. The van der Waals surface area contributed by atoms with Gasteiger partial charge in [-0.15, -0.1) is 11.8 Å². The van der Waals surface area contributed by atoms with Crippen LogP contribution in [0.4, 0.5) is 0 Å². The van der Waals surface area contributed by atoms with E-state index >= 15 is 0 Å². The van der Waals surface area contributed by atoms with Gasteiger partial charge in [-0.25, -0.2) is 4.79 Å². The van der Waals surface area contributed by atoms with Gasteiger partial charge in [-0.1, -0.05) is 54.1 Å². The molecule has 3 rings (SSSR count). The van der Waals surface area contributed by atoms with Gasteiger partial charge in [0.2, 0.25) is 0 Å². The molecule has 0 atom stereocenters. The minimum absolute atomic E-state index is 0.0324. The third kappa shape index (κ3) is 4.05. The maximum absolute atomic E-state index is 12.3. The van der Waals surface area contributed by atoms with Crippen molar-refractivity contribution in [3.63, 3.8) is 0 Å². The number of hydrogen-bond acceptors (Lipinski definition) is 4. The molecule has 2 N–H and O–H groups in total. The topological polar surface area (TPSA) is 93.9 Å². The van der Waals surface area contributed by atoms with Crippen LogP contribution in [0, 0.1) is 11.3 Å². The molecule has 0 aliphatic carbocycles. The van der Waals surface area contributed by atoms with Crippen LogP contribution in [0.2, 0.25) is 5.02 Å². The third-order valence-electron chi connectivity index (χ3n) is 3.85. The number of H-pyrrole nitrogens is 1. The lowest BCUT2D eigenvalue weighted by Crippen LogP contribution is -2.11. The highest BCUT2D eigenvalue weighted by Crippen LogP contribution is 2.34. The van der Waals surface area contributed by atoms with Gasteiger partial charge >= 0.3 is 5.97 Å². The fourth-order valence-corrected chi connectivity index (χ4v) is 3.80. The first-order valence-corrected chi connectivity index (χ1v) is 9.24. The number of rotatable bonds is 5. The Balaban J connectivity index is 2.01. The summed E-state index contributed by atoms with van der Waals surface area (Å²) in [5, 5.41) is 19.1. The van der Waals surface area contributed by atoms with Crippen LogP contribution >= 0.6 is 23.4 Å². The number of carboxylic acid groups (broad SMARTS) is 1. The number of pyridine rings is 1. The third-order valence-corrected chi connectivity index (χ3v) is 5.29. The Morgan fingerprint density at radius 1 is 1.19 bits per heavy atom. The van der Waals surface area contributed by atoms with Gasteiger partial charge in [0.05, 0.1) is 16.2 Å². The molecule has 0 aliphatic rings. The molecular formula is C20H13ClN2O3S. The number of halogens is 1. The molecule has 1 heterocycles. The molecule has 1 aromatic heterocycles. The van der Waals surface area contributed by atoms with Crippen molar-refractivity contribution in [3.05, 3.63) is 86.7 Å². The molecule has 7 heteroatoms. The first kappa shape index (κ1) is 18.8. The number of nitrogens with one attached hydrogen (secondary N) is 1. The molecular weight excluding hydrogens is 384 g/mol. The molecule has 3 aromatic rings. The van der Waals surface area contributed by atoms with E-state index in [1.165, 1.54) is 17.8 Å². The van der Waals surface area contributed by atoms with Crippen molar-refractivity contribution in [1.29, 1.82) is 5.26 Å². The van der Waals surface area contributed by atoms with E-state index in [4.69, 9.17) is 16.7 Å². The fraction of sp³-hybridized carbons (Fsp3) is 0.0500. The lowest BCUT2D eigenvalue weighted by Gasteiger charge is -2.11. The molecule has 0 bridgehead atoms. The standard InChI is InChI=1S/C20H13ClN2O3S/c21-17-16(13-6-2-1-3-7-13)15(10-22)19(23-18(17)24)27-11-12-5-4-8-14(9-12)20(25)26/h1-9H,11H2,(H,23,24)(H,25,26). The Labute approximate surface area is 164 Å². The molecule has 27 heavy (non-hydrogen) atoms. The quantitative estimate of drug-likeness (QED) is 0.616. The predicted octanol–water partition coefficient (Wildman–Crippen LogP) is 4.56. The van der Waals surface area contributed by atoms with Gasteiger partial charge in [0.15, 0.2) is 0 Å². The second-order valence-corrected chi connectivity index (χ2v) is 6.98. The highest BCUT2D eigenvalue weighted by atomic mass is 35.5. The average molecular weight is 397 g/mol. The van der Waals surface area contributed by atoms with Gasteiger partial charge in [-0.05, 0) is 23.3 Å². The van der Waals surface area contributed by atoms with Gasteiger partial charge in [0, 0.05) is 11.3 Å². The van der Waals surface area contributed by atoms with E-state index < -0.39 is 11.5 Å². The molecule has 0 spiro atoms. The zero-order valence-electron chi connectivity index (χ0n) is 13.9. The van der Waals surface area contributed by atoms with Gasteiger partial charge in [0.25, 0.3) is 5.56 Å². The minimum Gasteiger partial charge on any atom is -0.478 e. The first-order valence-electron chi connectivity index (χ1n) is 7.87. The van der Waals surface area contributed by atoms with Crippen molar-refractivity contribution < 1.29 is 9.90 Å². The second kappa shape index (κ2) is 8.12. The average Bonchev–Trinajstić information content (AvgIpc) is 2.69. The number of carbonyl (C=O) groups is 1. The summed E-state index contributed by atoms with van der Waals surface area (Å²) >= 11 is 7.43. The van der Waals surface area contributed by atoms with E-state index in [2.05, 4.69) is 11.1 Å². The molecule has 0 amide bonds. The highest BCUT2D eigenvalue weighted by molar-refractivity contribution is 7.98. The van der Waals surface area contributed by atoms with E-state index in [9.17, 15) is 14.9 Å². The number of thioether (sulfide) groups is 1. The number of hydrogen-bond donors (Lipinski definition) is 2. The lowest BCUT2D eigenvalue weighted by atomic mass is 10.0. The molecule has 5 nitrogen and oxygen atoms in total. The van der Waals surface area contributed by atoms with E-state index in [0.29, 0.717) is 21.9 Å². The van der Waals surface area contributed by atoms with Gasteiger partial charge in [0.1, 0.15) is 11.1 Å². The summed E-state index contributed by atoms with van der Waals surface area (Å²) in [6, 6.07) is 17.7. The highest BCUT2D eigenvalue weighted by Gasteiger charge is 2.18. The summed E-state index contributed by atoms with van der Waals surface area (Å²) in [4.78, 5) is 26.0. The van der Waals surface area contributed by atoms with Gasteiger partial charge in [-0.2, -0.15) is 5.26 Å². The Hall–Kier alpha value is -3.01. The van der Waals surface area contributed by atoms with Crippen molar-refractivity contribution in [3.8, 4) is 17.2 Å². The largest absolute Gasteiger partial charge is 0.478 e. The number of nitriles is 1. The molecule has 2 aromatic carbocycles. The molecule has 0 fully saturated rings. The summed E-state index contributed by atoms with van der Waals surface area (Å²) in [6.07, 6.45) is 0. The SMILES string of the molecule is N#Cc1c(SCc2cccc(C(=O)O)c2)[nH]c(=O)c(Cl)c1-c1ccccc1. The van der Waals surface area contributed by atoms with Crippen LogP contribution < -0.4 is 5.56 Å². The van der Waals surface area contributed by atoms with Crippen molar-refractivity contribution in [1.82, 2.24) is 4.98 Å². The smallest absolute Gasteiger partial charge is 0.335 e. The summed E-state index contributed by atoms with van der Waals surface area (Å²) in [7, 11) is 0. The van der Waals surface area contributed by atoms with Crippen LogP contribution in [-0.2, 0) is 5.75 Å². The predicted molar refractivity (Wildman–Crippen MR) is 105 cm³/mol. The summed E-state index contributed by atoms with van der Waals surface area (Å²) < 4.78 is 0. The molecule has 0 saturated heterocycles. The maximum Gasteiger partial charge on any atom is 0.335 e. The van der Waals surface area contributed by atoms with Crippen LogP contribution in [0.25, 0.3) is 11.1 Å². The van der Waals surface area contributed by atoms with E-state index in [-0.39, 0.29) is 16.1 Å². The van der Waals surface area contributed by atoms with Crippen LogP contribution in [0.5, 0.6) is 0 Å². The Kier molecular flexibility index (Phi) is 5.65. The van der Waals surface area contributed by atoms with Gasteiger partial charge < -0.3 is 10.1 Å². The van der Waals surface area contributed by atoms with Crippen molar-refractivity contribution in [2.24, 2.45) is 0 Å². The minimum atomic E-state index is -1.01. The van der Waals surface area contributed by atoms with Crippen molar-refractivity contribution >= 4 is 29.3 Å². The maximum atomic E-state index is 12.3. The lowest BCUT2D eigenvalue weighted by molar-refractivity contribution is 0.0697. The molecule has 134 valence electrons. The number of nitrogens with zero attached hydrogens (tertiary/aromatic N) is 1. The van der Waals surface area contributed by atoms with Gasteiger partial charge in [-0.3, -0.25) is 4.79 Å². The molecule has 0 saturated carbocycles. The second-order valence-electron chi connectivity index (χ2n) is 5.62. The van der Waals surface area contributed by atoms with Crippen LogP contribution in [0.15, 0.2) is 64.4 Å². The summed E-state index contributed by atoms with van der Waals surface area (Å²) in [6.45, 7) is 0. The molecule has 0 aliphatic heterocycles.